The highest BCUT2D eigenvalue weighted by Gasteiger charge is 2.36. The Kier molecular flexibility index (Phi) is 15.2. The van der Waals surface area contributed by atoms with E-state index in [0.29, 0.717) is 107 Å². The summed E-state index contributed by atoms with van der Waals surface area (Å²) in [5.41, 5.74) is 9.02. The minimum absolute atomic E-state index is 0.184. The third-order valence-corrected chi connectivity index (χ3v) is 21.1. The van der Waals surface area contributed by atoms with E-state index >= 15 is 8.42 Å². The van der Waals surface area contributed by atoms with E-state index in [2.05, 4.69) is 58.4 Å². The van der Waals surface area contributed by atoms with Crippen LogP contribution in [0.1, 0.15) is 80.6 Å². The lowest BCUT2D eigenvalue weighted by molar-refractivity contribution is 0.0731. The second kappa shape index (κ2) is 22.2. The number of hydrogen-bond donors (Lipinski definition) is 4. The van der Waals surface area contributed by atoms with Crippen molar-refractivity contribution in [3.8, 4) is 11.3 Å². The molecule has 1 saturated carbocycles. The molecule has 21 nitrogen and oxygen atoms in total. The van der Waals surface area contributed by atoms with Crippen molar-refractivity contribution in [2.45, 2.75) is 74.6 Å². The van der Waals surface area contributed by atoms with Gasteiger partial charge in [-0.15, -0.1) is 22.7 Å². The van der Waals surface area contributed by atoms with E-state index in [1.54, 1.807) is 25.5 Å². The number of fused-ring (bicyclic) bond motifs is 2. The second-order valence-electron chi connectivity index (χ2n) is 19.8. The molecule has 1 aliphatic carbocycles. The number of nitrogens with zero attached hydrogens (tertiary/aromatic N) is 12. The first-order chi connectivity index (χ1) is 37.3. The highest BCUT2D eigenvalue weighted by Crippen LogP contribution is 2.39. The van der Waals surface area contributed by atoms with Gasteiger partial charge in [-0.1, -0.05) is 44.9 Å². The summed E-state index contributed by atoms with van der Waals surface area (Å²) < 4.78 is 70.3. The molecule has 406 valence electrons. The van der Waals surface area contributed by atoms with Gasteiger partial charge in [0.15, 0.2) is 22.9 Å². The van der Waals surface area contributed by atoms with Gasteiger partial charge >= 0.3 is 0 Å². The quantitative estimate of drug-likeness (QED) is 0.0735. The molecule has 0 atom stereocenters. The molecular weight excluding hydrogens is 1060 g/mol. The van der Waals surface area contributed by atoms with Crippen LogP contribution in [0.25, 0.3) is 39.3 Å². The van der Waals surface area contributed by atoms with Crippen LogP contribution in [0.2, 0.25) is 0 Å². The monoisotopic (exact) mass is 1120 g/mol. The molecule has 5 aliphatic rings. The molecule has 4 aliphatic heterocycles. The Hall–Kier alpha value is -6.32. The van der Waals surface area contributed by atoms with Gasteiger partial charge in [0.25, 0.3) is 20.0 Å². The van der Waals surface area contributed by atoms with E-state index in [9.17, 15) is 8.42 Å². The molecule has 0 spiro atoms. The lowest BCUT2D eigenvalue weighted by atomic mass is 10.1. The van der Waals surface area contributed by atoms with Gasteiger partial charge in [0.1, 0.15) is 8.42 Å². The molecule has 1 saturated heterocycles. The Labute approximate surface area is 456 Å². The van der Waals surface area contributed by atoms with Crippen LogP contribution in [0.15, 0.2) is 81.1 Å². The van der Waals surface area contributed by atoms with Crippen molar-refractivity contribution in [1.82, 2.24) is 58.6 Å². The van der Waals surface area contributed by atoms with Crippen LogP contribution in [0, 0.1) is 19.8 Å². The van der Waals surface area contributed by atoms with Gasteiger partial charge in [-0.3, -0.25) is 13.8 Å². The van der Waals surface area contributed by atoms with Crippen molar-refractivity contribution < 1.29 is 21.6 Å². The molecule has 2 fully saturated rings. The number of imidazole rings is 2. The van der Waals surface area contributed by atoms with E-state index in [-0.39, 0.29) is 20.9 Å². The molecule has 4 N–H and O–H groups in total. The van der Waals surface area contributed by atoms with Gasteiger partial charge in [0.05, 0.1) is 90.1 Å². The van der Waals surface area contributed by atoms with Gasteiger partial charge in [-0.2, -0.15) is 32.1 Å². The van der Waals surface area contributed by atoms with E-state index in [4.69, 9.17) is 29.8 Å². The fraction of sp³-hybridized carbons (Fsp3) is 0.423. The number of anilines is 4. The molecule has 11 heterocycles. The number of nitrogens with one attached hydrogen (secondary N) is 4. The minimum atomic E-state index is -4.15. The van der Waals surface area contributed by atoms with Crippen LogP contribution < -0.4 is 25.7 Å². The van der Waals surface area contributed by atoms with Crippen molar-refractivity contribution >= 4 is 98.6 Å². The van der Waals surface area contributed by atoms with Gasteiger partial charge in [0, 0.05) is 56.8 Å². The first-order valence-electron chi connectivity index (χ1n) is 26.2. The van der Waals surface area contributed by atoms with Crippen molar-refractivity contribution in [1.29, 1.82) is 0 Å². The first-order valence-corrected chi connectivity index (χ1v) is 30.7. The number of ether oxygens (including phenoxy) is 1. The predicted molar refractivity (Wildman–Crippen MR) is 305 cm³/mol. The minimum Gasteiger partial charge on any atom is -0.379 e. The summed E-state index contributed by atoms with van der Waals surface area (Å²) in [6.45, 7) is 13.2. The maximum atomic E-state index is 15.1. The second-order valence-corrected chi connectivity index (χ2v) is 26.1. The summed E-state index contributed by atoms with van der Waals surface area (Å²) in [7, 11) is -5.96. The first kappa shape index (κ1) is 52.7. The topological polar surface area (TPSA) is 226 Å². The van der Waals surface area contributed by atoms with Crippen LogP contribution in [0.4, 0.5) is 21.6 Å². The summed E-state index contributed by atoms with van der Waals surface area (Å²) in [6.07, 6.45) is 25.4. The Morgan fingerprint density at radius 1 is 0.766 bits per heavy atom. The van der Waals surface area contributed by atoms with Crippen LogP contribution >= 0.6 is 22.7 Å². The number of sulfonamides is 2. The number of rotatable bonds is 16. The Balaban J connectivity index is 0.00000153. The molecule has 12 rings (SSSR count). The molecule has 0 radical (unpaired) electrons. The lowest BCUT2D eigenvalue weighted by Crippen LogP contribution is -2.42. The Bertz CT molecular complexity index is 3690. The van der Waals surface area contributed by atoms with E-state index in [1.807, 2.05) is 64.7 Å². The van der Waals surface area contributed by atoms with Crippen molar-refractivity contribution in [2.75, 3.05) is 87.7 Å². The molecular formula is C52H64N16O5S4. The summed E-state index contributed by atoms with van der Waals surface area (Å²) in [5, 5.41) is 26.1. The summed E-state index contributed by atoms with van der Waals surface area (Å²) in [6, 6.07) is 3.67. The van der Waals surface area contributed by atoms with E-state index in [1.165, 1.54) is 26.4 Å². The predicted octanol–water partition coefficient (Wildman–Crippen LogP) is 7.49. The summed E-state index contributed by atoms with van der Waals surface area (Å²) >= 11 is 2.31. The normalized spacial score (nSPS) is 17.5. The number of aromatic nitrogens is 8. The van der Waals surface area contributed by atoms with Crippen molar-refractivity contribution in [3.05, 3.63) is 95.8 Å². The van der Waals surface area contributed by atoms with Crippen molar-refractivity contribution in [2.24, 2.45) is 11.0 Å². The summed E-state index contributed by atoms with van der Waals surface area (Å²) in [5.74, 6) is 1.13. The fourth-order valence-electron chi connectivity index (χ4n) is 9.40. The van der Waals surface area contributed by atoms with Gasteiger partial charge in [-0.25, -0.2) is 28.4 Å². The van der Waals surface area contributed by atoms with E-state index in [0.717, 1.165) is 89.6 Å². The number of hydrazone groups is 1. The number of hydrogen-bond acceptors (Lipinski definition) is 18. The number of allylic oxidation sites excluding steroid dienone is 1. The molecule has 25 heteroatoms. The average Bonchev–Trinajstić information content (AvgIpc) is 3.97. The molecule has 77 heavy (non-hydrogen) atoms. The molecule has 0 bridgehead atoms. The third-order valence-electron chi connectivity index (χ3n) is 14.0. The van der Waals surface area contributed by atoms with Gasteiger partial charge < -0.3 is 26.0 Å². The molecule has 7 aromatic heterocycles. The van der Waals surface area contributed by atoms with E-state index < -0.39 is 20.0 Å². The van der Waals surface area contributed by atoms with Crippen LogP contribution in [0.5, 0.6) is 0 Å². The Morgan fingerprint density at radius 2 is 1.35 bits per heavy atom. The zero-order chi connectivity index (χ0) is 53.4. The molecule has 7 aromatic rings. The highest BCUT2D eigenvalue weighted by molar-refractivity contribution is 7.94. The standard InChI is InChI=1S/C48H54N16O5S4.C4H10/c1-30-18-41(70-47(30)72(65,66)60-14-16-69-17-15-60)57-44-46-52-25-40(62(46)29-38(56-44)34-7-5-12-50-21-34)36-23-54-63(27-36)64(26-32-8-9-32)73(67,68)48-31(2)19-42(71-48)58-43-45-51-24-39(35-10-13-59(3)53-22-35)61(45)28-37(55-43)33-6-4-11-49-20-33;1-3-4-2/h6-7,10,18-19,22-25,27-29,32,49-50H,4-5,8-9,11-17,20-21,26H2,1-3H3,(H,55,58)(H,56,57);3-4H2,1-2H3. The van der Waals surface area contributed by atoms with Gasteiger partial charge in [-0.05, 0) is 92.9 Å². The maximum absolute atomic E-state index is 15.1. The largest absolute Gasteiger partial charge is 0.379 e. The maximum Gasteiger partial charge on any atom is 0.288 e. The van der Waals surface area contributed by atoms with Crippen LogP contribution in [-0.2, 0) is 24.8 Å². The smallest absolute Gasteiger partial charge is 0.288 e. The van der Waals surface area contributed by atoms with Crippen molar-refractivity contribution in [3.63, 3.8) is 0 Å². The molecule has 0 unspecified atom stereocenters. The lowest BCUT2D eigenvalue weighted by Gasteiger charge is -2.25. The number of thiophene rings is 2. The summed E-state index contributed by atoms with van der Waals surface area (Å²) in [4.78, 5) is 21.2. The number of unbranched alkanes of at least 4 members (excludes halogenated alkanes) is 1. The SMILES string of the molecule is CCCC.Cc1cc(Nc2nc(C3=CCCNC3)cn3c(-c4cnn(N(CC5CC5)S(=O)(=O)c5sc(Nc6nc(C7=CCCNC7)cn7c(C8=CCN(C)N=C8)cnc67)cc5C)c4)cnc23)sc1S(=O)(=O)N1CCOCC1. The fourth-order valence-corrected chi connectivity index (χ4v) is 15.7. The average molecular weight is 1120 g/mol. The number of aryl methyl sites for hydroxylation is 2. The number of morpholine rings is 1. The number of likely N-dealkylation sites (N-methyl/N-ethyl adjacent to an activating group) is 1. The molecule has 0 aromatic carbocycles. The van der Waals surface area contributed by atoms with Gasteiger partial charge in [0.2, 0.25) is 0 Å². The highest BCUT2D eigenvalue weighted by atomic mass is 32.3. The zero-order valence-corrected chi connectivity index (χ0v) is 47.1. The van der Waals surface area contributed by atoms with Crippen LogP contribution in [0.3, 0.4) is 0 Å². The zero-order valence-electron chi connectivity index (χ0n) is 43.9. The third kappa shape index (κ3) is 11.0. The Morgan fingerprint density at radius 3 is 1.91 bits per heavy atom. The molecule has 0 amide bonds. The van der Waals surface area contributed by atoms with Crippen LogP contribution in [-0.4, -0.2) is 144 Å².